The summed E-state index contributed by atoms with van der Waals surface area (Å²) in [5.74, 6) is 0. The number of benzene rings is 6. The Morgan fingerprint density at radius 2 is 0.597 bits per heavy atom. The number of hydrogen-bond donors (Lipinski definition) is 0. The molecule has 0 nitrogen and oxygen atoms in total. The van der Waals surface area contributed by atoms with Crippen LogP contribution in [-0.2, 0) is 0 Å². The fourth-order valence-corrected chi connectivity index (χ4v) is 11.9. The van der Waals surface area contributed by atoms with Gasteiger partial charge in [-0.15, -0.1) is 10.9 Å². The molecular weight excluding hydrogens is 780 g/mol. The molecule has 0 aliphatic rings. The van der Waals surface area contributed by atoms with E-state index >= 15 is 0 Å². The van der Waals surface area contributed by atoms with E-state index in [1.807, 2.05) is 6.92 Å². The summed E-state index contributed by atoms with van der Waals surface area (Å²) < 4.78 is 0. The lowest BCUT2D eigenvalue weighted by molar-refractivity contribution is 1.18. The average Bonchev–Trinajstić information content (AvgIpc) is 3.25. The molecule has 67 heavy (non-hydrogen) atoms. The summed E-state index contributed by atoms with van der Waals surface area (Å²) >= 11 is 0. The van der Waals surface area contributed by atoms with Gasteiger partial charge in [-0.05, 0) is 249 Å². The fraction of sp³-hybridized carbons (Fsp3) is 0.348. The van der Waals surface area contributed by atoms with Crippen LogP contribution in [0.4, 0.5) is 0 Å². The summed E-state index contributed by atoms with van der Waals surface area (Å²) in [4.78, 5) is 0. The Balaban J connectivity index is 2.17. The van der Waals surface area contributed by atoms with Crippen LogP contribution in [0.1, 0.15) is 89.0 Å². The molecule has 0 heterocycles. The summed E-state index contributed by atoms with van der Waals surface area (Å²) in [5, 5.41) is 6.21. The average molecular weight is 828 g/mol. The van der Waals surface area contributed by atoms with Gasteiger partial charge in [-0.1, -0.05) is 16.5 Å². The summed E-state index contributed by atoms with van der Waals surface area (Å²) in [6.45, 7) is 31.9. The smallest absolute Gasteiger partial charge is 0.0822 e. The van der Waals surface area contributed by atoms with E-state index in [9.17, 15) is 0 Å². The number of fused-ring (bicyclic) bond motifs is 3. The van der Waals surface area contributed by atoms with Crippen molar-refractivity contribution in [3.05, 3.63) is 89.0 Å². The lowest BCUT2D eigenvalue weighted by Gasteiger charge is -2.39. The van der Waals surface area contributed by atoms with Gasteiger partial charge >= 0.3 is 0 Å². The SMILES string of the molecule is [B][B]B(B([B])[B])c1c(B(B([B])[B])B([B])[B])c(C)c2c(C)c(C)c(-c3c4c(C)c(C)c(C)c(C)c4c(-c4c(C)c(C)c(C)c(C)c4C)c4c(C)c(C)c(C)c(C)c34)c(B([B])[B])c2c1B([B])B([B])[B]. The van der Waals surface area contributed by atoms with Crippen LogP contribution in [0.5, 0.6) is 0 Å². The van der Waals surface area contributed by atoms with E-state index in [0.29, 0.717) is 27.2 Å². The molecule has 0 aromatic heterocycles. The molecule has 25 radical (unpaired) electrons. The highest BCUT2D eigenvalue weighted by molar-refractivity contribution is 7.85. The Morgan fingerprint density at radius 3 is 0.925 bits per heavy atom. The second-order valence-corrected chi connectivity index (χ2v) is 20.0. The monoisotopic (exact) mass is 832 g/mol. The van der Waals surface area contributed by atoms with Crippen molar-refractivity contribution in [2.24, 2.45) is 0 Å². The van der Waals surface area contributed by atoms with Gasteiger partial charge in [0.1, 0.15) is 0 Å². The van der Waals surface area contributed by atoms with E-state index in [-0.39, 0.29) is 0 Å². The van der Waals surface area contributed by atoms with Crippen LogP contribution in [-0.4, -0.2) is 151 Å². The van der Waals surface area contributed by atoms with E-state index in [0.717, 1.165) is 44.0 Å². The molecule has 0 fully saturated rings. The van der Waals surface area contributed by atoms with Crippen molar-refractivity contribution in [3.8, 4) is 22.3 Å². The largest absolute Gasteiger partial charge is 0.112 e. The predicted molar refractivity (Wildman–Crippen MR) is 325 cm³/mol. The summed E-state index contributed by atoms with van der Waals surface area (Å²) in [6.07, 6.45) is -4.10. The Hall–Kier alpha value is -2.54. The highest BCUT2D eigenvalue weighted by Crippen LogP contribution is 2.53. The van der Waals surface area contributed by atoms with Crippen LogP contribution >= 0.6 is 0 Å². The van der Waals surface area contributed by atoms with Gasteiger partial charge in [0.05, 0.1) is 26.0 Å². The van der Waals surface area contributed by atoms with Crippen LogP contribution in [0.3, 0.4) is 0 Å². The molecule has 6 rings (SSSR count). The second-order valence-electron chi connectivity index (χ2n) is 20.0. The molecule has 0 saturated heterocycles. The van der Waals surface area contributed by atoms with Crippen molar-refractivity contribution in [2.75, 3.05) is 0 Å². The van der Waals surface area contributed by atoms with E-state index in [1.165, 1.54) is 101 Å². The molecule has 0 atom stereocenters. The second kappa shape index (κ2) is 19.6. The van der Waals surface area contributed by atoms with Crippen molar-refractivity contribution in [1.82, 2.24) is 0 Å². The molecule has 0 aliphatic heterocycles. The van der Waals surface area contributed by atoms with Crippen molar-refractivity contribution < 1.29 is 0 Å². The molecule has 295 valence electrons. The van der Waals surface area contributed by atoms with Gasteiger partial charge < -0.3 is 0 Å². The lowest BCUT2D eigenvalue weighted by Crippen LogP contribution is -2.74. The minimum absolute atomic E-state index is 0.534. The molecule has 0 spiro atoms. The van der Waals surface area contributed by atoms with Gasteiger partial charge in [0, 0.05) is 125 Å². The molecular formula is C46H48B21. The number of aryl methyl sites for hydroxylation is 6. The van der Waals surface area contributed by atoms with Crippen molar-refractivity contribution in [2.45, 2.75) is 111 Å². The van der Waals surface area contributed by atoms with Crippen LogP contribution in [0.15, 0.2) is 0 Å². The molecule has 21 heteroatoms. The Kier molecular flexibility index (Phi) is 15.7. The number of hydrogen-bond acceptors (Lipinski definition) is 0. The van der Waals surface area contributed by atoms with Crippen molar-refractivity contribution in [1.29, 1.82) is 0 Å². The van der Waals surface area contributed by atoms with Crippen LogP contribution in [0.25, 0.3) is 54.6 Å². The van der Waals surface area contributed by atoms with Crippen LogP contribution in [0, 0.1) is 111 Å². The van der Waals surface area contributed by atoms with E-state index in [1.54, 1.807) is 0 Å². The molecule has 6 aromatic carbocycles. The third kappa shape index (κ3) is 8.15. The molecule has 0 saturated carbocycles. The van der Waals surface area contributed by atoms with Gasteiger partial charge in [-0.25, -0.2) is 0 Å². The highest BCUT2D eigenvalue weighted by Gasteiger charge is 2.39. The molecule has 6 aromatic rings. The minimum Gasteiger partial charge on any atom is -0.112 e. The first-order chi connectivity index (χ1) is 31.0. The van der Waals surface area contributed by atoms with Gasteiger partial charge in [-0.3, -0.25) is 0 Å². The Labute approximate surface area is 425 Å². The zero-order valence-electron chi connectivity index (χ0n) is 43.1. The standard InChI is InChI=1S/C46H48B21/c1-17-18(2)24(8)33(25(9)19(17)3)40-35-26(10)20(4)22(6)28(12)37(35)41(38-29(13)23(7)21(5)27(11)36(38)40)39-31(15)30(14)34-32(16)43(63(66(55)56)67(57)58)46(62(59-47)65(53)54)45(61(50)64(51)52)42(34)44(39)60(48)49/h1-16H3. The van der Waals surface area contributed by atoms with E-state index in [4.69, 9.17) is 92.8 Å². The Bertz CT molecular complexity index is 2920. The van der Waals surface area contributed by atoms with Crippen molar-refractivity contribution >= 4 is 206 Å². The zero-order chi connectivity index (χ0) is 50.6. The molecule has 0 N–H and O–H groups in total. The minimum atomic E-state index is -1.08. The van der Waals surface area contributed by atoms with Gasteiger partial charge in [0.25, 0.3) is 0 Å². The van der Waals surface area contributed by atoms with Crippen LogP contribution in [0.2, 0.25) is 0 Å². The Morgan fingerprint density at radius 1 is 0.269 bits per heavy atom. The maximum Gasteiger partial charge on any atom is 0.0822 e. The first-order valence-electron chi connectivity index (χ1n) is 23.6. The summed E-state index contributed by atoms with van der Waals surface area (Å²) in [6, 6.07) is 0. The van der Waals surface area contributed by atoms with Crippen molar-refractivity contribution in [3.63, 3.8) is 0 Å². The third-order valence-electron chi connectivity index (χ3n) is 16.8. The molecule has 0 aliphatic carbocycles. The predicted octanol–water partition coefficient (Wildman–Crippen LogP) is 2.12. The third-order valence-corrected chi connectivity index (χ3v) is 16.8. The lowest BCUT2D eigenvalue weighted by atomic mass is 8.70. The summed E-state index contributed by atoms with van der Waals surface area (Å²) in [7, 11) is 82.9. The number of rotatable bonds is 11. The fourth-order valence-electron chi connectivity index (χ4n) is 11.9. The van der Waals surface area contributed by atoms with E-state index < -0.39 is 51.5 Å². The first kappa shape index (κ1) is 53.8. The molecule has 0 bridgehead atoms. The van der Waals surface area contributed by atoms with Gasteiger partial charge in [0.15, 0.2) is 0 Å². The normalized spacial score (nSPS) is 11.4. The maximum absolute atomic E-state index is 7.31. The molecule has 0 amide bonds. The quantitative estimate of drug-likeness (QED) is 0.139. The first-order valence-corrected chi connectivity index (χ1v) is 23.6. The maximum atomic E-state index is 7.31. The summed E-state index contributed by atoms with van der Waals surface area (Å²) in [5.41, 5.74) is 25.8. The highest BCUT2D eigenvalue weighted by atomic mass is 14.3. The topological polar surface area (TPSA) is 0 Å². The zero-order valence-corrected chi connectivity index (χ0v) is 43.1. The van der Waals surface area contributed by atoms with Crippen LogP contribution < -0.4 is 21.9 Å². The van der Waals surface area contributed by atoms with Gasteiger partial charge in [-0.2, -0.15) is 0 Å². The molecule has 0 unspecified atom stereocenters. The van der Waals surface area contributed by atoms with Gasteiger partial charge in [0.2, 0.25) is 0 Å². The van der Waals surface area contributed by atoms with E-state index in [2.05, 4.69) is 104 Å².